The standard InChI is InChI=1S/C15H14N2O5S/c18-12-3-5-13(6-4-12)22-23(20,21)14-7-1-11(2-8-14)17-10-9-16-15(17)19/h1-8,18H,9-10H2,(H,16,19). The van der Waals surface area contributed by atoms with E-state index in [-0.39, 0.29) is 22.4 Å². The van der Waals surface area contributed by atoms with Crippen molar-refractivity contribution >= 4 is 21.8 Å². The maximum Gasteiger partial charge on any atom is 0.339 e. The van der Waals surface area contributed by atoms with E-state index in [1.54, 1.807) is 12.1 Å². The highest BCUT2D eigenvalue weighted by molar-refractivity contribution is 7.87. The van der Waals surface area contributed by atoms with E-state index in [1.165, 1.54) is 41.3 Å². The highest BCUT2D eigenvalue weighted by Gasteiger charge is 2.22. The van der Waals surface area contributed by atoms with Gasteiger partial charge in [0, 0.05) is 18.8 Å². The number of phenols is 1. The van der Waals surface area contributed by atoms with E-state index in [2.05, 4.69) is 5.32 Å². The molecule has 3 rings (SSSR count). The molecule has 7 nitrogen and oxygen atoms in total. The average Bonchev–Trinajstić information content (AvgIpc) is 2.96. The summed E-state index contributed by atoms with van der Waals surface area (Å²) < 4.78 is 29.4. The van der Waals surface area contributed by atoms with Crippen LogP contribution in [-0.2, 0) is 10.1 Å². The van der Waals surface area contributed by atoms with E-state index >= 15 is 0 Å². The highest BCUT2D eigenvalue weighted by atomic mass is 32.2. The number of rotatable bonds is 4. The number of urea groups is 1. The van der Waals surface area contributed by atoms with Crippen LogP contribution in [0.3, 0.4) is 0 Å². The monoisotopic (exact) mass is 334 g/mol. The van der Waals surface area contributed by atoms with Crippen molar-refractivity contribution in [2.45, 2.75) is 4.90 Å². The summed E-state index contributed by atoms with van der Waals surface area (Å²) in [5.41, 5.74) is 0.614. The van der Waals surface area contributed by atoms with Crippen LogP contribution in [-0.4, -0.2) is 32.6 Å². The number of carbonyl (C=O) groups excluding carboxylic acids is 1. The van der Waals surface area contributed by atoms with Gasteiger partial charge in [-0.25, -0.2) is 4.79 Å². The Morgan fingerprint density at radius 1 is 1.04 bits per heavy atom. The van der Waals surface area contributed by atoms with Crippen LogP contribution in [0.5, 0.6) is 11.5 Å². The zero-order valence-corrected chi connectivity index (χ0v) is 12.8. The van der Waals surface area contributed by atoms with Gasteiger partial charge in [0.15, 0.2) is 0 Å². The number of phenolic OH excluding ortho intramolecular Hbond substituents is 1. The van der Waals surface area contributed by atoms with Gasteiger partial charge in [-0.3, -0.25) is 4.90 Å². The Balaban J connectivity index is 1.80. The predicted molar refractivity (Wildman–Crippen MR) is 83.1 cm³/mol. The third kappa shape index (κ3) is 3.21. The molecule has 2 amide bonds. The third-order valence-electron chi connectivity index (χ3n) is 3.34. The minimum absolute atomic E-state index is 0.0167. The van der Waals surface area contributed by atoms with Gasteiger partial charge in [0.05, 0.1) is 0 Å². The second-order valence-corrected chi connectivity index (χ2v) is 6.46. The lowest BCUT2D eigenvalue weighted by Gasteiger charge is -2.14. The molecule has 1 fully saturated rings. The maximum absolute atomic E-state index is 12.2. The van der Waals surface area contributed by atoms with E-state index in [9.17, 15) is 18.3 Å². The molecule has 0 unspecified atom stereocenters. The van der Waals surface area contributed by atoms with Crippen LogP contribution in [0.1, 0.15) is 0 Å². The number of nitrogens with one attached hydrogen (secondary N) is 1. The first kappa shape index (κ1) is 15.2. The number of amides is 2. The molecule has 23 heavy (non-hydrogen) atoms. The largest absolute Gasteiger partial charge is 0.508 e. The molecule has 0 bridgehead atoms. The third-order valence-corrected chi connectivity index (χ3v) is 4.60. The fraction of sp³-hybridized carbons (Fsp3) is 0.133. The fourth-order valence-corrected chi connectivity index (χ4v) is 3.12. The normalized spacial score (nSPS) is 14.6. The molecule has 2 aromatic rings. The van der Waals surface area contributed by atoms with Gasteiger partial charge in [0.25, 0.3) is 0 Å². The van der Waals surface area contributed by atoms with Gasteiger partial charge in [0.2, 0.25) is 0 Å². The Morgan fingerprint density at radius 2 is 1.70 bits per heavy atom. The number of carbonyl (C=O) groups is 1. The van der Waals surface area contributed by atoms with Crippen LogP contribution in [0.15, 0.2) is 53.4 Å². The van der Waals surface area contributed by atoms with E-state index in [1.807, 2.05) is 0 Å². The van der Waals surface area contributed by atoms with Crippen LogP contribution < -0.4 is 14.4 Å². The van der Waals surface area contributed by atoms with Gasteiger partial charge in [-0.15, -0.1) is 0 Å². The second kappa shape index (κ2) is 5.81. The molecule has 1 saturated heterocycles. The van der Waals surface area contributed by atoms with Crippen molar-refractivity contribution in [1.29, 1.82) is 0 Å². The van der Waals surface area contributed by atoms with Gasteiger partial charge >= 0.3 is 16.1 Å². The lowest BCUT2D eigenvalue weighted by molar-refractivity contribution is 0.252. The zero-order chi connectivity index (χ0) is 16.4. The summed E-state index contributed by atoms with van der Waals surface area (Å²) in [7, 11) is -3.98. The van der Waals surface area contributed by atoms with Crippen LogP contribution in [0.4, 0.5) is 10.5 Å². The molecule has 0 aromatic heterocycles. The van der Waals surface area contributed by atoms with Gasteiger partial charge in [-0.05, 0) is 48.5 Å². The number of aromatic hydroxyl groups is 1. The van der Waals surface area contributed by atoms with Crippen LogP contribution >= 0.6 is 0 Å². The molecule has 0 radical (unpaired) electrons. The molecule has 0 aliphatic carbocycles. The summed E-state index contributed by atoms with van der Waals surface area (Å²) in [6.45, 7) is 1.10. The zero-order valence-electron chi connectivity index (χ0n) is 12.0. The number of anilines is 1. The first-order chi connectivity index (χ1) is 11.0. The van der Waals surface area contributed by atoms with Gasteiger partial charge in [-0.2, -0.15) is 8.42 Å². The Hall–Kier alpha value is -2.74. The Bertz CT molecular complexity index is 816. The van der Waals surface area contributed by atoms with E-state index in [0.717, 1.165) is 0 Å². The summed E-state index contributed by atoms with van der Waals surface area (Å²) in [6.07, 6.45) is 0. The number of hydrogen-bond acceptors (Lipinski definition) is 5. The quantitative estimate of drug-likeness (QED) is 0.830. The van der Waals surface area contributed by atoms with Crippen molar-refractivity contribution in [1.82, 2.24) is 5.32 Å². The van der Waals surface area contributed by atoms with E-state index < -0.39 is 10.1 Å². The molecular weight excluding hydrogens is 320 g/mol. The van der Waals surface area contributed by atoms with Crippen LogP contribution in [0.25, 0.3) is 0 Å². The predicted octanol–water partition coefficient (Wildman–Crippen LogP) is 1.69. The smallest absolute Gasteiger partial charge is 0.339 e. The molecule has 2 aromatic carbocycles. The molecule has 0 atom stereocenters. The molecule has 1 aliphatic rings. The molecular formula is C15H14N2O5S. The van der Waals surface area contributed by atoms with Crippen molar-refractivity contribution in [2.24, 2.45) is 0 Å². The van der Waals surface area contributed by atoms with Crippen molar-refractivity contribution in [3.8, 4) is 11.5 Å². The highest BCUT2D eigenvalue weighted by Crippen LogP contribution is 2.23. The van der Waals surface area contributed by atoms with Gasteiger partial charge in [-0.1, -0.05) is 0 Å². The molecule has 2 N–H and O–H groups in total. The second-order valence-electron chi connectivity index (χ2n) is 4.91. The SMILES string of the molecule is O=C1NCCN1c1ccc(S(=O)(=O)Oc2ccc(O)cc2)cc1. The van der Waals surface area contributed by atoms with Crippen LogP contribution in [0.2, 0.25) is 0 Å². The van der Waals surface area contributed by atoms with Crippen LogP contribution in [0, 0.1) is 0 Å². The summed E-state index contributed by atoms with van der Waals surface area (Å²) in [5.74, 6) is 0.119. The number of benzene rings is 2. The first-order valence-corrected chi connectivity index (χ1v) is 8.25. The van der Waals surface area contributed by atoms with Gasteiger partial charge in [0.1, 0.15) is 16.4 Å². The molecule has 0 spiro atoms. The first-order valence-electron chi connectivity index (χ1n) is 6.85. The molecule has 120 valence electrons. The van der Waals surface area contributed by atoms with E-state index in [4.69, 9.17) is 4.18 Å². The maximum atomic E-state index is 12.2. The average molecular weight is 334 g/mol. The summed E-state index contributed by atoms with van der Waals surface area (Å²) in [5, 5.41) is 11.9. The molecule has 8 heteroatoms. The topological polar surface area (TPSA) is 95.9 Å². The fourth-order valence-electron chi connectivity index (χ4n) is 2.19. The number of nitrogens with zero attached hydrogens (tertiary/aromatic N) is 1. The van der Waals surface area contributed by atoms with Gasteiger partial charge < -0.3 is 14.6 Å². The molecule has 1 heterocycles. The van der Waals surface area contributed by atoms with E-state index in [0.29, 0.717) is 18.8 Å². The summed E-state index contributed by atoms with van der Waals surface area (Å²) >= 11 is 0. The van der Waals surface area contributed by atoms with Crippen molar-refractivity contribution in [3.63, 3.8) is 0 Å². The summed E-state index contributed by atoms with van der Waals surface area (Å²) in [4.78, 5) is 13.1. The van der Waals surface area contributed by atoms with Crippen molar-refractivity contribution in [3.05, 3.63) is 48.5 Å². The number of hydrogen-bond donors (Lipinski definition) is 2. The lowest BCUT2D eigenvalue weighted by atomic mass is 10.3. The Kier molecular flexibility index (Phi) is 3.83. The molecule has 1 aliphatic heterocycles. The summed E-state index contributed by atoms with van der Waals surface area (Å²) in [6, 6.07) is 11.1. The van der Waals surface area contributed by atoms with Crippen molar-refractivity contribution in [2.75, 3.05) is 18.0 Å². The Labute approximate surface area is 133 Å². The van der Waals surface area contributed by atoms with Crippen molar-refractivity contribution < 1.29 is 22.5 Å². The lowest BCUT2D eigenvalue weighted by Crippen LogP contribution is -2.27. The minimum atomic E-state index is -3.98. The minimum Gasteiger partial charge on any atom is -0.508 e. The Morgan fingerprint density at radius 3 is 2.26 bits per heavy atom. The molecule has 0 saturated carbocycles.